The summed E-state index contributed by atoms with van der Waals surface area (Å²) in [6.07, 6.45) is -3.64. The highest BCUT2D eigenvalue weighted by Gasteiger charge is 2.36. The molecule has 0 unspecified atom stereocenters. The Hall–Kier alpha value is -2.52. The number of hydrogen-bond acceptors (Lipinski definition) is 4. The van der Waals surface area contributed by atoms with Crippen LogP contribution in [0.4, 0.5) is 13.2 Å². The molecule has 0 atom stereocenters. The predicted molar refractivity (Wildman–Crippen MR) is 99.1 cm³/mol. The minimum Gasteiger partial charge on any atom is -0.495 e. The number of nitrogens with one attached hydrogen (secondary N) is 1. The third-order valence-corrected chi connectivity index (χ3v) is 5.41. The number of alkyl halides is 3. The van der Waals surface area contributed by atoms with Crippen LogP contribution in [0.3, 0.4) is 0 Å². The minimum atomic E-state index is -4.68. The Morgan fingerprint density at radius 2 is 1.68 bits per heavy atom. The molecule has 0 saturated carbocycles. The normalized spacial score (nSPS) is 12.2. The summed E-state index contributed by atoms with van der Waals surface area (Å²) < 4.78 is 68.0. The summed E-state index contributed by atoms with van der Waals surface area (Å²) in [5.41, 5.74) is 0.834. The molecule has 0 radical (unpaired) electrons. The number of H-pyrrole nitrogens is 1. The number of sulfone groups is 1. The van der Waals surface area contributed by atoms with Crippen molar-refractivity contribution in [3.8, 4) is 28.3 Å². The molecule has 0 spiro atoms. The number of halogens is 4. The van der Waals surface area contributed by atoms with Gasteiger partial charge in [-0.3, -0.25) is 0 Å². The van der Waals surface area contributed by atoms with Gasteiger partial charge in [-0.2, -0.15) is 13.2 Å². The van der Waals surface area contributed by atoms with Gasteiger partial charge in [-0.1, -0.05) is 29.8 Å². The zero-order chi connectivity index (χ0) is 20.7. The van der Waals surface area contributed by atoms with E-state index in [1.165, 1.54) is 49.6 Å². The second-order valence-electron chi connectivity index (χ2n) is 5.95. The predicted octanol–water partition coefficient (Wildman–Crippen LogP) is 4.83. The van der Waals surface area contributed by atoms with Crippen molar-refractivity contribution in [2.24, 2.45) is 0 Å². The lowest BCUT2D eigenvalue weighted by Crippen LogP contribution is -2.07. The molecule has 0 aliphatic rings. The van der Waals surface area contributed by atoms with Crippen LogP contribution in [0, 0.1) is 0 Å². The van der Waals surface area contributed by atoms with Gasteiger partial charge < -0.3 is 9.72 Å². The van der Waals surface area contributed by atoms with Crippen LogP contribution in [-0.2, 0) is 16.0 Å². The summed E-state index contributed by atoms with van der Waals surface area (Å²) in [6.45, 7) is 0. The molecule has 0 aliphatic heterocycles. The molecule has 28 heavy (non-hydrogen) atoms. The van der Waals surface area contributed by atoms with Gasteiger partial charge in [0.1, 0.15) is 5.75 Å². The van der Waals surface area contributed by atoms with Crippen LogP contribution in [0.15, 0.2) is 47.4 Å². The maximum atomic E-state index is 13.2. The van der Waals surface area contributed by atoms with Gasteiger partial charge in [-0.05, 0) is 24.3 Å². The molecule has 0 bridgehead atoms. The van der Waals surface area contributed by atoms with Gasteiger partial charge in [0.05, 0.1) is 28.4 Å². The summed E-state index contributed by atoms with van der Waals surface area (Å²) in [5.74, 6) is -0.882. The maximum absolute atomic E-state index is 13.2. The van der Waals surface area contributed by atoms with Crippen molar-refractivity contribution in [2.75, 3.05) is 13.4 Å². The van der Waals surface area contributed by atoms with Crippen LogP contribution in [0.2, 0.25) is 5.02 Å². The molecule has 0 aliphatic carbocycles. The largest absolute Gasteiger partial charge is 0.495 e. The summed E-state index contributed by atoms with van der Waals surface area (Å²) in [4.78, 5) is 6.05. The van der Waals surface area contributed by atoms with Crippen molar-refractivity contribution in [3.63, 3.8) is 0 Å². The van der Waals surface area contributed by atoms with E-state index < -0.39 is 21.8 Å². The van der Waals surface area contributed by atoms with E-state index in [9.17, 15) is 21.6 Å². The van der Waals surface area contributed by atoms with Gasteiger partial charge in [-0.15, -0.1) is 0 Å². The van der Waals surface area contributed by atoms with E-state index in [1.54, 1.807) is 0 Å². The number of imidazole rings is 1. The standard InChI is InChI=1S/C18H14ClF3N2O3S/c1-27-14-9-11(5-8-13(14)19)16-15(23-17(24-16)18(20,21)22)10-3-6-12(7-4-10)28(2,25)26/h3-9H,1-2H3,(H,23,24). The van der Waals surface area contributed by atoms with Crippen LogP contribution in [0.1, 0.15) is 5.82 Å². The first-order valence-electron chi connectivity index (χ1n) is 7.82. The van der Waals surface area contributed by atoms with E-state index in [2.05, 4.69) is 9.97 Å². The van der Waals surface area contributed by atoms with Crippen molar-refractivity contribution < 1.29 is 26.3 Å². The first kappa shape index (κ1) is 20.2. The minimum absolute atomic E-state index is 0.0365. The molecular weight excluding hydrogens is 417 g/mol. The number of aromatic nitrogens is 2. The van der Waals surface area contributed by atoms with E-state index in [-0.39, 0.29) is 22.0 Å². The monoisotopic (exact) mass is 430 g/mol. The van der Waals surface area contributed by atoms with Gasteiger partial charge in [0.2, 0.25) is 5.82 Å². The fourth-order valence-corrected chi connectivity index (χ4v) is 3.43. The number of ether oxygens (including phenoxy) is 1. The molecule has 1 aromatic heterocycles. The maximum Gasteiger partial charge on any atom is 0.449 e. The zero-order valence-corrected chi connectivity index (χ0v) is 16.2. The number of hydrogen-bond donors (Lipinski definition) is 1. The molecule has 1 N–H and O–H groups in total. The average Bonchev–Trinajstić information content (AvgIpc) is 3.07. The fraction of sp³-hybridized carbons (Fsp3) is 0.167. The lowest BCUT2D eigenvalue weighted by Gasteiger charge is -2.07. The van der Waals surface area contributed by atoms with Crippen LogP contribution >= 0.6 is 11.6 Å². The van der Waals surface area contributed by atoms with Gasteiger partial charge in [0, 0.05) is 17.4 Å². The van der Waals surface area contributed by atoms with Gasteiger partial charge in [0.15, 0.2) is 9.84 Å². The summed E-state index contributed by atoms with van der Waals surface area (Å²) >= 11 is 5.99. The van der Waals surface area contributed by atoms with E-state index in [1.807, 2.05) is 0 Å². The van der Waals surface area contributed by atoms with E-state index >= 15 is 0 Å². The molecule has 1 heterocycles. The van der Waals surface area contributed by atoms with Crippen molar-refractivity contribution in [1.29, 1.82) is 0 Å². The molecule has 10 heteroatoms. The Balaban J connectivity index is 2.19. The molecular formula is C18H14ClF3N2O3S. The molecule has 3 aromatic rings. The molecule has 148 valence electrons. The van der Waals surface area contributed by atoms with Crippen LogP contribution in [0.25, 0.3) is 22.5 Å². The number of methoxy groups -OCH3 is 1. The lowest BCUT2D eigenvalue weighted by atomic mass is 10.0. The summed E-state index contributed by atoms with van der Waals surface area (Å²) in [7, 11) is -2.04. The summed E-state index contributed by atoms with van der Waals surface area (Å²) in [6, 6.07) is 9.98. The number of benzene rings is 2. The smallest absolute Gasteiger partial charge is 0.449 e. The van der Waals surface area contributed by atoms with Crippen molar-refractivity contribution >= 4 is 21.4 Å². The van der Waals surface area contributed by atoms with E-state index in [0.29, 0.717) is 16.1 Å². The topological polar surface area (TPSA) is 72.0 Å². The highest BCUT2D eigenvalue weighted by Crippen LogP contribution is 2.38. The van der Waals surface area contributed by atoms with Crippen molar-refractivity contribution in [2.45, 2.75) is 11.1 Å². The summed E-state index contributed by atoms with van der Waals surface area (Å²) in [5, 5.41) is 0.303. The number of rotatable bonds is 4. The van der Waals surface area contributed by atoms with Gasteiger partial charge in [0.25, 0.3) is 0 Å². The molecule has 2 aromatic carbocycles. The SMILES string of the molecule is COc1cc(-c2nc(C(F)(F)F)[nH]c2-c2ccc(S(C)(=O)=O)cc2)ccc1Cl. The van der Waals surface area contributed by atoms with Crippen LogP contribution < -0.4 is 4.74 Å². The average molecular weight is 431 g/mol. The van der Waals surface area contributed by atoms with E-state index in [4.69, 9.17) is 16.3 Å². The second kappa shape index (κ2) is 7.14. The highest BCUT2D eigenvalue weighted by atomic mass is 35.5. The third kappa shape index (κ3) is 4.00. The van der Waals surface area contributed by atoms with Gasteiger partial charge in [-0.25, -0.2) is 13.4 Å². The Morgan fingerprint density at radius 1 is 1.07 bits per heavy atom. The molecule has 0 saturated heterocycles. The Bertz CT molecular complexity index is 1120. The first-order chi connectivity index (χ1) is 13.0. The van der Waals surface area contributed by atoms with Crippen LogP contribution in [-0.4, -0.2) is 31.8 Å². The second-order valence-corrected chi connectivity index (χ2v) is 8.38. The molecule has 0 amide bonds. The Labute approximate surface area is 164 Å². The Kier molecular flexibility index (Phi) is 5.16. The van der Waals surface area contributed by atoms with Gasteiger partial charge >= 0.3 is 6.18 Å². The third-order valence-electron chi connectivity index (χ3n) is 3.97. The quantitative estimate of drug-likeness (QED) is 0.643. The Morgan fingerprint density at radius 3 is 2.21 bits per heavy atom. The molecule has 3 rings (SSSR count). The lowest BCUT2D eigenvalue weighted by molar-refractivity contribution is -0.144. The highest BCUT2D eigenvalue weighted by molar-refractivity contribution is 7.90. The first-order valence-corrected chi connectivity index (χ1v) is 10.1. The number of aromatic amines is 1. The van der Waals surface area contributed by atoms with Crippen molar-refractivity contribution in [1.82, 2.24) is 9.97 Å². The van der Waals surface area contributed by atoms with E-state index in [0.717, 1.165) is 6.26 Å². The fourth-order valence-electron chi connectivity index (χ4n) is 2.60. The number of nitrogens with zero attached hydrogens (tertiary/aromatic N) is 1. The zero-order valence-electron chi connectivity index (χ0n) is 14.6. The van der Waals surface area contributed by atoms with Crippen LogP contribution in [0.5, 0.6) is 5.75 Å². The van der Waals surface area contributed by atoms with Crippen molar-refractivity contribution in [3.05, 3.63) is 53.3 Å². The molecule has 0 fully saturated rings. The molecule has 5 nitrogen and oxygen atoms in total.